The third kappa shape index (κ3) is 3.38. The summed E-state index contributed by atoms with van der Waals surface area (Å²) < 4.78 is 22.2. The molecule has 0 unspecified atom stereocenters. The van der Waals surface area contributed by atoms with Crippen LogP contribution in [-0.4, -0.2) is 15.6 Å². The molecule has 0 fully saturated rings. The Kier molecular flexibility index (Phi) is 5.09. The Morgan fingerprint density at radius 2 is 1.89 bits per heavy atom. The van der Waals surface area contributed by atoms with Crippen molar-refractivity contribution in [2.75, 3.05) is 6.26 Å². The van der Waals surface area contributed by atoms with Gasteiger partial charge in [0, 0.05) is 22.2 Å². The Hall–Kier alpha value is -2.79. The van der Waals surface area contributed by atoms with Crippen molar-refractivity contribution in [1.82, 2.24) is 9.38 Å². The van der Waals surface area contributed by atoms with E-state index >= 15 is 0 Å². The summed E-state index contributed by atoms with van der Waals surface area (Å²) in [6.45, 7) is 4.05. The molecule has 142 valence electrons. The maximum atomic E-state index is 14.1. The van der Waals surface area contributed by atoms with Crippen molar-refractivity contribution in [2.45, 2.75) is 25.3 Å². The normalized spacial score (nSPS) is 11.1. The van der Waals surface area contributed by atoms with Gasteiger partial charge in [-0.2, -0.15) is 0 Å². The molecule has 5 heteroatoms. The van der Waals surface area contributed by atoms with Crippen molar-refractivity contribution in [3.8, 4) is 17.0 Å². The van der Waals surface area contributed by atoms with E-state index in [4.69, 9.17) is 9.72 Å². The van der Waals surface area contributed by atoms with E-state index in [9.17, 15) is 4.39 Å². The molecule has 3 nitrogen and oxygen atoms in total. The van der Waals surface area contributed by atoms with Gasteiger partial charge in [-0.15, -0.1) is 11.8 Å². The molecule has 0 bridgehead atoms. The Bertz CT molecular complexity index is 1130. The summed E-state index contributed by atoms with van der Waals surface area (Å²) in [5.41, 5.74) is 5.26. The minimum Gasteiger partial charge on any atom is -0.485 e. The molecule has 0 atom stereocenters. The van der Waals surface area contributed by atoms with Crippen LogP contribution in [0.15, 0.2) is 65.7 Å². The standard InChI is InChI=1S/C23H21FN2OS/c1-15-7-4-10-20(24)19(15)14-27-21-11-6-12-26-22(16(2)25-23(21)26)17-8-5-9-18(13-17)28-3/h4-13H,14H2,1-3H3. The van der Waals surface area contributed by atoms with Gasteiger partial charge in [-0.1, -0.05) is 24.3 Å². The molecule has 0 aliphatic carbocycles. The molecule has 4 aromatic rings. The van der Waals surface area contributed by atoms with Crippen LogP contribution >= 0.6 is 11.8 Å². The number of fused-ring (bicyclic) bond motifs is 1. The van der Waals surface area contributed by atoms with Crippen LogP contribution in [-0.2, 0) is 6.61 Å². The van der Waals surface area contributed by atoms with E-state index in [2.05, 4.69) is 30.5 Å². The fourth-order valence-corrected chi connectivity index (χ4v) is 3.85. The van der Waals surface area contributed by atoms with Crippen LogP contribution in [0.1, 0.15) is 16.8 Å². The largest absolute Gasteiger partial charge is 0.485 e. The van der Waals surface area contributed by atoms with Gasteiger partial charge in [0.15, 0.2) is 11.4 Å². The van der Waals surface area contributed by atoms with Gasteiger partial charge in [-0.3, -0.25) is 4.40 Å². The molecule has 4 rings (SSSR count). The smallest absolute Gasteiger partial charge is 0.180 e. The molecule has 0 radical (unpaired) electrons. The topological polar surface area (TPSA) is 26.5 Å². The number of hydrogen-bond donors (Lipinski definition) is 0. The van der Waals surface area contributed by atoms with Crippen LogP contribution in [0.3, 0.4) is 0 Å². The lowest BCUT2D eigenvalue weighted by Gasteiger charge is -2.11. The highest BCUT2D eigenvalue weighted by molar-refractivity contribution is 7.98. The van der Waals surface area contributed by atoms with E-state index in [-0.39, 0.29) is 12.4 Å². The van der Waals surface area contributed by atoms with Gasteiger partial charge in [0.2, 0.25) is 0 Å². The number of ether oxygens (including phenoxy) is 1. The fourth-order valence-electron chi connectivity index (χ4n) is 3.39. The van der Waals surface area contributed by atoms with Gasteiger partial charge in [-0.25, -0.2) is 9.37 Å². The number of rotatable bonds is 5. The summed E-state index contributed by atoms with van der Waals surface area (Å²) in [5.74, 6) is 0.390. The lowest BCUT2D eigenvalue weighted by Crippen LogP contribution is -2.02. The molecular weight excluding hydrogens is 371 g/mol. The van der Waals surface area contributed by atoms with Gasteiger partial charge in [0.1, 0.15) is 12.4 Å². The lowest BCUT2D eigenvalue weighted by atomic mass is 10.1. The summed E-state index contributed by atoms with van der Waals surface area (Å²) in [7, 11) is 0. The molecular formula is C23H21FN2OS. The first-order chi connectivity index (χ1) is 13.6. The zero-order valence-corrected chi connectivity index (χ0v) is 16.9. The minimum absolute atomic E-state index is 0.168. The Balaban J connectivity index is 1.74. The van der Waals surface area contributed by atoms with Crippen LogP contribution in [0.5, 0.6) is 5.75 Å². The fraction of sp³-hybridized carbons (Fsp3) is 0.174. The molecule has 0 saturated heterocycles. The second-order valence-corrected chi connectivity index (χ2v) is 7.55. The predicted octanol–water partition coefficient (Wildman–Crippen LogP) is 6.06. The van der Waals surface area contributed by atoms with Crippen LogP contribution in [0.2, 0.25) is 0 Å². The van der Waals surface area contributed by atoms with Gasteiger partial charge < -0.3 is 4.74 Å². The predicted molar refractivity (Wildman–Crippen MR) is 113 cm³/mol. The summed E-state index contributed by atoms with van der Waals surface area (Å²) in [5, 5.41) is 0. The van der Waals surface area contributed by atoms with Gasteiger partial charge in [0.25, 0.3) is 0 Å². The lowest BCUT2D eigenvalue weighted by molar-refractivity contribution is 0.301. The van der Waals surface area contributed by atoms with E-state index < -0.39 is 0 Å². The second-order valence-electron chi connectivity index (χ2n) is 6.67. The number of thioether (sulfide) groups is 1. The molecule has 28 heavy (non-hydrogen) atoms. The zero-order valence-electron chi connectivity index (χ0n) is 16.1. The average molecular weight is 392 g/mol. The first-order valence-corrected chi connectivity index (χ1v) is 10.3. The first-order valence-electron chi connectivity index (χ1n) is 9.07. The van der Waals surface area contributed by atoms with Crippen LogP contribution in [0.25, 0.3) is 16.9 Å². The molecule has 2 aromatic heterocycles. The molecule has 0 spiro atoms. The van der Waals surface area contributed by atoms with Crippen LogP contribution in [0, 0.1) is 19.7 Å². The Morgan fingerprint density at radius 3 is 2.68 bits per heavy atom. The highest BCUT2D eigenvalue weighted by Gasteiger charge is 2.15. The van der Waals surface area contributed by atoms with Crippen LogP contribution in [0.4, 0.5) is 4.39 Å². The highest BCUT2D eigenvalue weighted by Crippen LogP contribution is 2.31. The quantitative estimate of drug-likeness (QED) is 0.386. The minimum atomic E-state index is -0.249. The third-order valence-electron chi connectivity index (χ3n) is 4.86. The summed E-state index contributed by atoms with van der Waals surface area (Å²) in [4.78, 5) is 5.94. The number of halogens is 1. The number of imidazole rings is 1. The van der Waals surface area contributed by atoms with Crippen LogP contribution < -0.4 is 4.74 Å². The zero-order chi connectivity index (χ0) is 19.7. The highest BCUT2D eigenvalue weighted by atomic mass is 32.2. The average Bonchev–Trinajstić information content (AvgIpc) is 3.04. The number of aromatic nitrogens is 2. The molecule has 0 aliphatic rings. The molecule has 0 amide bonds. The van der Waals surface area contributed by atoms with E-state index in [1.165, 1.54) is 11.0 Å². The molecule has 2 heterocycles. The molecule has 0 saturated carbocycles. The number of aryl methyl sites for hydroxylation is 2. The Labute approximate surface area is 168 Å². The van der Waals surface area contributed by atoms with Gasteiger partial charge in [-0.05, 0) is 56.0 Å². The molecule has 2 aromatic carbocycles. The summed E-state index contributed by atoms with van der Waals surface area (Å²) in [6.07, 6.45) is 4.05. The third-order valence-corrected chi connectivity index (χ3v) is 5.58. The number of hydrogen-bond acceptors (Lipinski definition) is 3. The second kappa shape index (κ2) is 7.68. The van der Waals surface area contributed by atoms with Crippen molar-refractivity contribution >= 4 is 17.4 Å². The molecule has 0 N–H and O–H groups in total. The maximum absolute atomic E-state index is 14.1. The van der Waals surface area contributed by atoms with E-state index in [1.807, 2.05) is 42.6 Å². The van der Waals surface area contributed by atoms with Crippen molar-refractivity contribution in [3.05, 3.63) is 83.4 Å². The van der Waals surface area contributed by atoms with Crippen molar-refractivity contribution in [1.29, 1.82) is 0 Å². The monoisotopic (exact) mass is 392 g/mol. The van der Waals surface area contributed by atoms with Crippen molar-refractivity contribution in [3.63, 3.8) is 0 Å². The Morgan fingerprint density at radius 1 is 1.07 bits per heavy atom. The van der Waals surface area contributed by atoms with E-state index in [1.54, 1.807) is 17.8 Å². The van der Waals surface area contributed by atoms with Gasteiger partial charge >= 0.3 is 0 Å². The van der Waals surface area contributed by atoms with Crippen molar-refractivity contribution < 1.29 is 9.13 Å². The SMILES string of the molecule is CSc1cccc(-c2c(C)nc3c(OCc4c(C)cccc4F)cccn23)c1. The van der Waals surface area contributed by atoms with E-state index in [0.717, 1.165) is 28.2 Å². The van der Waals surface area contributed by atoms with Gasteiger partial charge in [0.05, 0.1) is 11.4 Å². The summed E-state index contributed by atoms with van der Waals surface area (Å²) >= 11 is 1.71. The molecule has 0 aliphatic heterocycles. The van der Waals surface area contributed by atoms with E-state index in [0.29, 0.717) is 11.3 Å². The maximum Gasteiger partial charge on any atom is 0.180 e. The number of pyridine rings is 1. The number of benzene rings is 2. The first kappa shape index (κ1) is 18.6. The van der Waals surface area contributed by atoms with Crippen molar-refractivity contribution in [2.24, 2.45) is 0 Å². The number of nitrogens with zero attached hydrogens (tertiary/aromatic N) is 2. The summed E-state index contributed by atoms with van der Waals surface area (Å²) in [6, 6.07) is 17.3.